The number of carbonyl (C=O) groups excluding carboxylic acids is 1. The molecule has 0 aliphatic carbocycles. The lowest BCUT2D eigenvalue weighted by molar-refractivity contribution is -0.123. The number of hydrogen-bond acceptors (Lipinski definition) is 2. The summed E-state index contributed by atoms with van der Waals surface area (Å²) >= 11 is 0. The summed E-state index contributed by atoms with van der Waals surface area (Å²) in [6.07, 6.45) is 3.15. The first-order chi connectivity index (χ1) is 12.0. The maximum absolute atomic E-state index is 11.5. The van der Waals surface area contributed by atoms with E-state index < -0.39 is 0 Å². The van der Waals surface area contributed by atoms with Crippen LogP contribution in [-0.2, 0) is 11.3 Å². The van der Waals surface area contributed by atoms with Crippen LogP contribution in [0.15, 0.2) is 29.3 Å². The van der Waals surface area contributed by atoms with E-state index in [-0.39, 0.29) is 11.8 Å². The van der Waals surface area contributed by atoms with Gasteiger partial charge >= 0.3 is 0 Å². The number of nitrogens with one attached hydrogen (secondary N) is 3. The summed E-state index contributed by atoms with van der Waals surface area (Å²) in [7, 11) is 0. The summed E-state index contributed by atoms with van der Waals surface area (Å²) in [5.74, 6) is 0.980. The Morgan fingerprint density at radius 3 is 2.20 bits per heavy atom. The highest BCUT2D eigenvalue weighted by Crippen LogP contribution is 2.04. The summed E-state index contributed by atoms with van der Waals surface area (Å²) in [5.41, 5.74) is 2.46. The molecule has 0 aromatic heterocycles. The Morgan fingerprint density at radius 1 is 1.00 bits per heavy atom. The largest absolute Gasteiger partial charge is 0.356 e. The van der Waals surface area contributed by atoms with E-state index in [4.69, 9.17) is 0 Å². The Labute approximate surface area is 152 Å². The van der Waals surface area contributed by atoms with E-state index in [2.05, 4.69) is 59.1 Å². The first-order valence-electron chi connectivity index (χ1n) is 9.38. The van der Waals surface area contributed by atoms with Gasteiger partial charge in [0.1, 0.15) is 0 Å². The van der Waals surface area contributed by atoms with Crippen LogP contribution in [0.3, 0.4) is 0 Å². The maximum Gasteiger partial charge on any atom is 0.222 e. The highest BCUT2D eigenvalue weighted by Gasteiger charge is 2.05. The lowest BCUT2D eigenvalue weighted by Gasteiger charge is -2.13. The van der Waals surface area contributed by atoms with Gasteiger partial charge in [-0.25, -0.2) is 4.99 Å². The number of benzene rings is 1. The average molecular weight is 347 g/mol. The van der Waals surface area contributed by atoms with Crippen LogP contribution in [-0.4, -0.2) is 31.5 Å². The molecule has 0 bridgehead atoms. The number of hydrogen-bond donors (Lipinski definition) is 3. The number of carbonyl (C=O) groups is 1. The average Bonchev–Trinajstić information content (AvgIpc) is 2.60. The fraction of sp³-hybridized carbons (Fsp3) is 0.600. The van der Waals surface area contributed by atoms with E-state index in [1.165, 1.54) is 11.1 Å². The topological polar surface area (TPSA) is 65.5 Å². The molecule has 0 saturated heterocycles. The van der Waals surface area contributed by atoms with Crippen LogP contribution in [0.4, 0.5) is 0 Å². The van der Waals surface area contributed by atoms with E-state index in [1.807, 2.05) is 13.8 Å². The Hall–Kier alpha value is -2.04. The van der Waals surface area contributed by atoms with Crippen molar-refractivity contribution in [3.05, 3.63) is 35.4 Å². The second-order valence-corrected chi connectivity index (χ2v) is 6.66. The standard InChI is InChI=1S/C20H34N4O/c1-5-6-12-22-20(23-14-7-13-21-19(25)16(2)3)24-15-18-10-8-17(4)9-11-18/h8-11,16H,5-7,12-15H2,1-4H3,(H,21,25)(H2,22,23,24). The Balaban J connectivity index is 2.42. The van der Waals surface area contributed by atoms with Crippen LogP contribution in [0.1, 0.15) is 51.2 Å². The molecule has 0 radical (unpaired) electrons. The molecule has 1 amide bonds. The van der Waals surface area contributed by atoms with E-state index in [0.29, 0.717) is 13.1 Å². The van der Waals surface area contributed by atoms with Crippen molar-refractivity contribution in [2.75, 3.05) is 19.6 Å². The molecule has 1 aromatic rings. The number of rotatable bonds is 10. The van der Waals surface area contributed by atoms with Crippen molar-refractivity contribution in [1.82, 2.24) is 16.0 Å². The molecule has 25 heavy (non-hydrogen) atoms. The minimum Gasteiger partial charge on any atom is -0.356 e. The molecule has 0 saturated carbocycles. The number of amides is 1. The third kappa shape index (κ3) is 9.75. The molecule has 3 N–H and O–H groups in total. The summed E-state index contributed by atoms with van der Waals surface area (Å²) in [5, 5.41) is 9.65. The summed E-state index contributed by atoms with van der Waals surface area (Å²) in [6.45, 7) is 11.1. The molecular weight excluding hydrogens is 312 g/mol. The van der Waals surface area contributed by atoms with Gasteiger partial charge in [0.2, 0.25) is 5.91 Å². The quantitative estimate of drug-likeness (QED) is 0.347. The van der Waals surface area contributed by atoms with Crippen molar-refractivity contribution in [2.45, 2.75) is 53.5 Å². The number of nitrogens with zero attached hydrogens (tertiary/aromatic N) is 1. The Bertz CT molecular complexity index is 523. The molecule has 0 atom stereocenters. The third-order valence-electron chi connectivity index (χ3n) is 3.83. The van der Waals surface area contributed by atoms with Gasteiger partial charge in [-0.15, -0.1) is 0 Å². The zero-order valence-electron chi connectivity index (χ0n) is 16.2. The SMILES string of the molecule is CCCCNC(=NCc1ccc(C)cc1)NCCCNC(=O)C(C)C. The van der Waals surface area contributed by atoms with E-state index in [9.17, 15) is 4.79 Å². The maximum atomic E-state index is 11.5. The fourth-order valence-electron chi connectivity index (χ4n) is 2.13. The number of aliphatic imine (C=N–C) groups is 1. The molecule has 0 heterocycles. The summed E-state index contributed by atoms with van der Waals surface area (Å²) < 4.78 is 0. The van der Waals surface area contributed by atoms with Crippen LogP contribution in [0, 0.1) is 12.8 Å². The Kier molecular flexibility index (Phi) is 10.4. The predicted octanol–water partition coefficient (Wildman–Crippen LogP) is 2.99. The first-order valence-corrected chi connectivity index (χ1v) is 9.38. The molecule has 0 spiro atoms. The number of aryl methyl sites for hydroxylation is 1. The van der Waals surface area contributed by atoms with Gasteiger partial charge in [0, 0.05) is 25.6 Å². The zero-order chi connectivity index (χ0) is 18.5. The van der Waals surface area contributed by atoms with Crippen molar-refractivity contribution in [1.29, 1.82) is 0 Å². The van der Waals surface area contributed by atoms with Gasteiger partial charge < -0.3 is 16.0 Å². The molecule has 140 valence electrons. The third-order valence-corrected chi connectivity index (χ3v) is 3.83. The highest BCUT2D eigenvalue weighted by molar-refractivity contribution is 5.79. The number of unbranched alkanes of at least 4 members (excludes halogenated alkanes) is 1. The molecule has 5 heteroatoms. The first kappa shape index (κ1) is 21.0. The van der Waals surface area contributed by atoms with Crippen LogP contribution in [0.2, 0.25) is 0 Å². The second kappa shape index (κ2) is 12.3. The van der Waals surface area contributed by atoms with E-state index in [1.54, 1.807) is 0 Å². The lowest BCUT2D eigenvalue weighted by Crippen LogP contribution is -2.39. The molecular formula is C20H34N4O. The molecule has 0 aliphatic rings. The summed E-state index contributed by atoms with van der Waals surface area (Å²) in [4.78, 5) is 16.2. The van der Waals surface area contributed by atoms with E-state index >= 15 is 0 Å². The van der Waals surface area contributed by atoms with Gasteiger partial charge in [-0.3, -0.25) is 4.79 Å². The van der Waals surface area contributed by atoms with Gasteiger partial charge in [0.05, 0.1) is 6.54 Å². The smallest absolute Gasteiger partial charge is 0.222 e. The van der Waals surface area contributed by atoms with Gasteiger partial charge in [-0.05, 0) is 25.3 Å². The van der Waals surface area contributed by atoms with Gasteiger partial charge in [-0.2, -0.15) is 0 Å². The normalized spacial score (nSPS) is 11.5. The molecule has 1 aromatic carbocycles. The summed E-state index contributed by atoms with van der Waals surface area (Å²) in [6, 6.07) is 8.45. The van der Waals surface area contributed by atoms with Gasteiger partial charge in [-0.1, -0.05) is 57.0 Å². The fourth-order valence-corrected chi connectivity index (χ4v) is 2.13. The monoisotopic (exact) mass is 346 g/mol. The number of guanidine groups is 1. The second-order valence-electron chi connectivity index (χ2n) is 6.66. The predicted molar refractivity (Wildman–Crippen MR) is 106 cm³/mol. The molecule has 5 nitrogen and oxygen atoms in total. The van der Waals surface area contributed by atoms with Crippen molar-refractivity contribution < 1.29 is 4.79 Å². The minimum atomic E-state index is 0.0373. The van der Waals surface area contributed by atoms with Crippen LogP contribution >= 0.6 is 0 Å². The van der Waals surface area contributed by atoms with Gasteiger partial charge in [0.15, 0.2) is 5.96 Å². The van der Waals surface area contributed by atoms with Crippen molar-refractivity contribution in [3.63, 3.8) is 0 Å². The molecule has 0 aliphatic heterocycles. The highest BCUT2D eigenvalue weighted by atomic mass is 16.1. The molecule has 0 fully saturated rings. The van der Waals surface area contributed by atoms with Crippen LogP contribution in [0.25, 0.3) is 0 Å². The van der Waals surface area contributed by atoms with Crippen LogP contribution < -0.4 is 16.0 Å². The lowest BCUT2D eigenvalue weighted by atomic mass is 10.1. The van der Waals surface area contributed by atoms with E-state index in [0.717, 1.165) is 38.3 Å². The zero-order valence-corrected chi connectivity index (χ0v) is 16.2. The molecule has 0 unspecified atom stereocenters. The van der Waals surface area contributed by atoms with Gasteiger partial charge in [0.25, 0.3) is 0 Å². The molecule has 1 rings (SSSR count). The minimum absolute atomic E-state index is 0.0373. The van der Waals surface area contributed by atoms with Crippen LogP contribution in [0.5, 0.6) is 0 Å². The van der Waals surface area contributed by atoms with Crippen molar-refractivity contribution in [2.24, 2.45) is 10.9 Å². The Morgan fingerprint density at radius 2 is 1.60 bits per heavy atom. The van der Waals surface area contributed by atoms with Crippen molar-refractivity contribution in [3.8, 4) is 0 Å². The van der Waals surface area contributed by atoms with Crippen molar-refractivity contribution >= 4 is 11.9 Å².